The summed E-state index contributed by atoms with van der Waals surface area (Å²) in [5, 5.41) is 0. The zero-order valence-corrected chi connectivity index (χ0v) is 9.82. The summed E-state index contributed by atoms with van der Waals surface area (Å²) in [5.41, 5.74) is 6.17. The van der Waals surface area contributed by atoms with Gasteiger partial charge in [-0.1, -0.05) is 0 Å². The van der Waals surface area contributed by atoms with Gasteiger partial charge >= 0.3 is 0 Å². The van der Waals surface area contributed by atoms with Gasteiger partial charge in [0.15, 0.2) is 17.3 Å². The average molecular weight is 223 g/mol. The molecule has 0 amide bonds. The van der Waals surface area contributed by atoms with Crippen LogP contribution in [0.4, 0.5) is 0 Å². The minimum atomic E-state index is -0.138. The summed E-state index contributed by atoms with van der Waals surface area (Å²) in [6.07, 6.45) is 0.329. The highest BCUT2D eigenvalue weighted by Crippen LogP contribution is 2.27. The van der Waals surface area contributed by atoms with E-state index in [4.69, 9.17) is 15.2 Å². The van der Waals surface area contributed by atoms with Crippen molar-refractivity contribution in [1.82, 2.24) is 0 Å². The van der Waals surface area contributed by atoms with Crippen LogP contribution in [0.25, 0.3) is 0 Å². The zero-order valence-electron chi connectivity index (χ0n) is 9.82. The fourth-order valence-corrected chi connectivity index (χ4v) is 1.42. The van der Waals surface area contributed by atoms with Crippen molar-refractivity contribution in [3.63, 3.8) is 0 Å². The van der Waals surface area contributed by atoms with Gasteiger partial charge in [0.25, 0.3) is 0 Å². The van der Waals surface area contributed by atoms with Crippen molar-refractivity contribution < 1.29 is 14.3 Å². The number of benzene rings is 1. The summed E-state index contributed by atoms with van der Waals surface area (Å²) in [6.45, 7) is 1.80. The van der Waals surface area contributed by atoms with Crippen LogP contribution in [0.5, 0.6) is 11.5 Å². The van der Waals surface area contributed by atoms with E-state index in [2.05, 4.69) is 0 Å². The standard InChI is InChI=1S/C12H17NO3/c1-8(13)6-10(14)9-4-5-11(15-2)12(7-9)16-3/h4-5,7-8H,6,13H2,1-3H3. The maximum Gasteiger partial charge on any atom is 0.164 e. The summed E-state index contributed by atoms with van der Waals surface area (Å²) in [4.78, 5) is 11.7. The van der Waals surface area contributed by atoms with Crippen molar-refractivity contribution in [1.29, 1.82) is 0 Å². The van der Waals surface area contributed by atoms with Gasteiger partial charge in [0.05, 0.1) is 14.2 Å². The maximum atomic E-state index is 11.7. The second-order valence-electron chi connectivity index (χ2n) is 3.67. The lowest BCUT2D eigenvalue weighted by atomic mass is 10.0. The van der Waals surface area contributed by atoms with Gasteiger partial charge < -0.3 is 15.2 Å². The number of Topliss-reactive ketones (excluding diaryl/α,β-unsaturated/α-hetero) is 1. The van der Waals surface area contributed by atoms with E-state index < -0.39 is 0 Å². The first-order valence-electron chi connectivity index (χ1n) is 5.09. The van der Waals surface area contributed by atoms with E-state index in [9.17, 15) is 4.79 Å². The van der Waals surface area contributed by atoms with Gasteiger partial charge in [0.1, 0.15) is 0 Å². The van der Waals surface area contributed by atoms with Gasteiger partial charge in [0.2, 0.25) is 0 Å². The number of hydrogen-bond donors (Lipinski definition) is 1. The molecule has 0 aliphatic rings. The number of ketones is 1. The number of methoxy groups -OCH3 is 2. The van der Waals surface area contributed by atoms with Crippen LogP contribution >= 0.6 is 0 Å². The molecule has 0 fully saturated rings. The first-order valence-corrected chi connectivity index (χ1v) is 5.09. The van der Waals surface area contributed by atoms with Gasteiger partial charge in [-0.2, -0.15) is 0 Å². The van der Waals surface area contributed by atoms with E-state index in [1.54, 1.807) is 32.2 Å². The molecule has 0 aliphatic carbocycles. The Labute approximate surface area is 95.3 Å². The smallest absolute Gasteiger partial charge is 0.164 e. The lowest BCUT2D eigenvalue weighted by molar-refractivity contribution is 0.0976. The van der Waals surface area contributed by atoms with E-state index in [0.29, 0.717) is 23.5 Å². The molecule has 0 saturated carbocycles. The van der Waals surface area contributed by atoms with Crippen LogP contribution in [0, 0.1) is 0 Å². The number of carbonyl (C=O) groups is 1. The van der Waals surface area contributed by atoms with Crippen LogP contribution in [-0.4, -0.2) is 26.0 Å². The summed E-state index contributed by atoms with van der Waals surface area (Å²) < 4.78 is 10.2. The van der Waals surface area contributed by atoms with Crippen LogP contribution in [0.1, 0.15) is 23.7 Å². The topological polar surface area (TPSA) is 61.5 Å². The number of hydrogen-bond acceptors (Lipinski definition) is 4. The third-order valence-electron chi connectivity index (χ3n) is 2.21. The third-order valence-corrected chi connectivity index (χ3v) is 2.21. The Morgan fingerprint density at radius 1 is 1.31 bits per heavy atom. The monoisotopic (exact) mass is 223 g/mol. The Bertz CT molecular complexity index is 375. The molecular weight excluding hydrogens is 206 g/mol. The molecule has 1 rings (SSSR count). The molecule has 1 aromatic rings. The summed E-state index contributed by atoms with van der Waals surface area (Å²) in [7, 11) is 3.10. The summed E-state index contributed by atoms with van der Waals surface area (Å²) in [6, 6.07) is 4.96. The molecule has 0 bridgehead atoms. The molecule has 0 aliphatic heterocycles. The van der Waals surface area contributed by atoms with Gasteiger partial charge in [-0.3, -0.25) is 4.79 Å². The lowest BCUT2D eigenvalue weighted by Gasteiger charge is -2.09. The van der Waals surface area contributed by atoms with Crippen LogP contribution in [0.15, 0.2) is 18.2 Å². The van der Waals surface area contributed by atoms with E-state index in [1.165, 1.54) is 7.11 Å². The van der Waals surface area contributed by atoms with Crippen LogP contribution in [0.3, 0.4) is 0 Å². The van der Waals surface area contributed by atoms with Gasteiger partial charge in [-0.05, 0) is 25.1 Å². The second kappa shape index (κ2) is 5.51. The molecule has 88 valence electrons. The highest BCUT2D eigenvalue weighted by Gasteiger charge is 2.11. The molecular formula is C12H17NO3. The number of carbonyl (C=O) groups excluding carboxylic acids is 1. The molecule has 0 heterocycles. The maximum absolute atomic E-state index is 11.7. The van der Waals surface area contributed by atoms with E-state index >= 15 is 0 Å². The second-order valence-corrected chi connectivity index (χ2v) is 3.67. The number of nitrogens with two attached hydrogens (primary N) is 1. The average Bonchev–Trinajstić information content (AvgIpc) is 2.27. The van der Waals surface area contributed by atoms with Crippen molar-refractivity contribution in [3.8, 4) is 11.5 Å². The Hall–Kier alpha value is -1.55. The molecule has 0 spiro atoms. The Morgan fingerprint density at radius 3 is 2.44 bits per heavy atom. The van der Waals surface area contributed by atoms with Gasteiger partial charge in [-0.25, -0.2) is 0 Å². The predicted octanol–water partition coefficient (Wildman–Crippen LogP) is 1.62. The fourth-order valence-electron chi connectivity index (χ4n) is 1.42. The summed E-state index contributed by atoms with van der Waals surface area (Å²) >= 11 is 0. The number of rotatable bonds is 5. The lowest BCUT2D eigenvalue weighted by Crippen LogP contribution is -2.19. The van der Waals surface area contributed by atoms with Crippen LogP contribution < -0.4 is 15.2 Å². The minimum absolute atomic E-state index is 0.0101. The largest absolute Gasteiger partial charge is 0.493 e. The Morgan fingerprint density at radius 2 is 1.94 bits per heavy atom. The van der Waals surface area contributed by atoms with Crippen molar-refractivity contribution >= 4 is 5.78 Å². The molecule has 0 radical (unpaired) electrons. The Kier molecular flexibility index (Phi) is 4.31. The van der Waals surface area contributed by atoms with E-state index in [-0.39, 0.29) is 11.8 Å². The zero-order chi connectivity index (χ0) is 12.1. The molecule has 1 atom stereocenters. The minimum Gasteiger partial charge on any atom is -0.493 e. The molecule has 4 heteroatoms. The van der Waals surface area contributed by atoms with Crippen molar-refractivity contribution in [2.24, 2.45) is 5.73 Å². The quantitative estimate of drug-likeness (QED) is 0.770. The van der Waals surface area contributed by atoms with Gasteiger partial charge in [0, 0.05) is 18.0 Å². The molecule has 1 aromatic carbocycles. The normalized spacial score (nSPS) is 12.0. The van der Waals surface area contributed by atoms with Crippen molar-refractivity contribution in [2.75, 3.05) is 14.2 Å². The molecule has 16 heavy (non-hydrogen) atoms. The van der Waals surface area contributed by atoms with Crippen molar-refractivity contribution in [3.05, 3.63) is 23.8 Å². The number of ether oxygens (including phenoxy) is 2. The first kappa shape index (κ1) is 12.5. The van der Waals surface area contributed by atoms with Crippen LogP contribution in [-0.2, 0) is 0 Å². The summed E-state index contributed by atoms with van der Waals surface area (Å²) in [5.74, 6) is 1.17. The molecule has 1 unspecified atom stereocenters. The van der Waals surface area contributed by atoms with E-state index in [0.717, 1.165) is 0 Å². The van der Waals surface area contributed by atoms with E-state index in [1.807, 2.05) is 0 Å². The van der Waals surface area contributed by atoms with Gasteiger partial charge in [-0.15, -0.1) is 0 Å². The Balaban J connectivity index is 2.94. The van der Waals surface area contributed by atoms with Crippen molar-refractivity contribution in [2.45, 2.75) is 19.4 Å². The first-order chi connectivity index (χ1) is 7.58. The highest BCUT2D eigenvalue weighted by molar-refractivity contribution is 5.97. The predicted molar refractivity (Wildman–Crippen MR) is 62.1 cm³/mol. The third kappa shape index (κ3) is 2.97. The highest BCUT2D eigenvalue weighted by atomic mass is 16.5. The fraction of sp³-hybridized carbons (Fsp3) is 0.417. The molecule has 2 N–H and O–H groups in total. The SMILES string of the molecule is COc1ccc(C(=O)CC(C)N)cc1OC. The van der Waals surface area contributed by atoms with Crippen LogP contribution in [0.2, 0.25) is 0 Å². The molecule has 0 saturated heterocycles. The molecule has 4 nitrogen and oxygen atoms in total. The molecule has 0 aromatic heterocycles.